The van der Waals surface area contributed by atoms with Crippen LogP contribution in [0.2, 0.25) is 0 Å². The van der Waals surface area contributed by atoms with Crippen molar-refractivity contribution in [2.75, 3.05) is 23.8 Å². The van der Waals surface area contributed by atoms with Crippen LogP contribution in [0.25, 0.3) is 5.57 Å². The minimum absolute atomic E-state index is 0.0940. The first-order valence-corrected chi connectivity index (χ1v) is 11.1. The highest BCUT2D eigenvalue weighted by Crippen LogP contribution is 2.33. The second-order valence-electron chi connectivity index (χ2n) is 8.49. The molecule has 3 rings (SSSR count). The fourth-order valence-corrected chi connectivity index (χ4v) is 3.77. The van der Waals surface area contributed by atoms with E-state index in [0.29, 0.717) is 30.0 Å². The standard InChI is InChI=1S/C26H31N3O4/c1-16(2)33-14-6-13-29-25(31)23(22-12-7-17(3)15-18(22)4)24(26(29)32)28-21-10-8-20(9-11-21)27-19(5)30/h7-12,15-16,28H,6,13-14H2,1-5H3,(H,27,30). The Morgan fingerprint density at radius 2 is 1.67 bits per heavy atom. The Labute approximate surface area is 194 Å². The van der Waals surface area contributed by atoms with E-state index in [-0.39, 0.29) is 36.1 Å². The van der Waals surface area contributed by atoms with Crippen molar-refractivity contribution in [1.82, 2.24) is 4.90 Å². The molecule has 0 atom stereocenters. The van der Waals surface area contributed by atoms with Gasteiger partial charge in [0.1, 0.15) is 5.70 Å². The molecule has 7 nitrogen and oxygen atoms in total. The lowest BCUT2D eigenvalue weighted by Gasteiger charge is -2.16. The number of rotatable bonds is 9. The van der Waals surface area contributed by atoms with E-state index in [0.717, 1.165) is 16.7 Å². The Morgan fingerprint density at radius 1 is 1.00 bits per heavy atom. The van der Waals surface area contributed by atoms with Gasteiger partial charge in [0.25, 0.3) is 11.8 Å². The summed E-state index contributed by atoms with van der Waals surface area (Å²) in [5, 5.41) is 5.87. The van der Waals surface area contributed by atoms with Gasteiger partial charge >= 0.3 is 0 Å². The number of amides is 3. The maximum Gasteiger partial charge on any atom is 0.278 e. The zero-order chi connectivity index (χ0) is 24.1. The first kappa shape index (κ1) is 24.2. The van der Waals surface area contributed by atoms with Gasteiger partial charge in [0.15, 0.2) is 0 Å². The number of imide groups is 1. The third kappa shape index (κ3) is 5.87. The summed E-state index contributed by atoms with van der Waals surface area (Å²) in [5.74, 6) is -0.830. The zero-order valence-electron chi connectivity index (χ0n) is 19.8. The number of benzene rings is 2. The van der Waals surface area contributed by atoms with Crippen LogP contribution < -0.4 is 10.6 Å². The summed E-state index contributed by atoms with van der Waals surface area (Å²) in [4.78, 5) is 39.2. The van der Waals surface area contributed by atoms with Crippen LogP contribution in [0.15, 0.2) is 48.2 Å². The number of carbonyl (C=O) groups is 3. The molecule has 0 bridgehead atoms. The van der Waals surface area contributed by atoms with Crippen LogP contribution >= 0.6 is 0 Å². The third-order valence-corrected chi connectivity index (χ3v) is 5.27. The maximum atomic E-state index is 13.4. The van der Waals surface area contributed by atoms with Crippen molar-refractivity contribution in [3.8, 4) is 0 Å². The van der Waals surface area contributed by atoms with Crippen LogP contribution in [-0.2, 0) is 19.1 Å². The number of nitrogens with zero attached hydrogens (tertiary/aromatic N) is 1. The Morgan fingerprint density at radius 3 is 2.27 bits per heavy atom. The molecule has 3 amide bonds. The van der Waals surface area contributed by atoms with Crippen LogP contribution in [0.1, 0.15) is 43.9 Å². The summed E-state index contributed by atoms with van der Waals surface area (Å²) in [7, 11) is 0. The van der Waals surface area contributed by atoms with Crippen molar-refractivity contribution in [2.45, 2.75) is 47.1 Å². The molecule has 1 heterocycles. The lowest BCUT2D eigenvalue weighted by atomic mass is 9.97. The van der Waals surface area contributed by atoms with Crippen molar-refractivity contribution < 1.29 is 19.1 Å². The molecule has 33 heavy (non-hydrogen) atoms. The number of aryl methyl sites for hydroxylation is 2. The van der Waals surface area contributed by atoms with E-state index in [2.05, 4.69) is 10.6 Å². The minimum atomic E-state index is -0.356. The molecule has 0 fully saturated rings. The fraction of sp³-hybridized carbons (Fsp3) is 0.346. The van der Waals surface area contributed by atoms with Gasteiger partial charge in [-0.3, -0.25) is 19.3 Å². The van der Waals surface area contributed by atoms with Crippen molar-refractivity contribution in [1.29, 1.82) is 0 Å². The Balaban J connectivity index is 1.91. The molecule has 0 aliphatic carbocycles. The molecule has 2 N–H and O–H groups in total. The van der Waals surface area contributed by atoms with Gasteiger partial charge in [-0.25, -0.2) is 0 Å². The SMILES string of the molecule is CC(=O)Nc1ccc(NC2=C(c3ccc(C)cc3C)C(=O)N(CCCOC(C)C)C2=O)cc1. The Bertz CT molecular complexity index is 1090. The molecular formula is C26H31N3O4. The van der Waals surface area contributed by atoms with E-state index < -0.39 is 0 Å². The van der Waals surface area contributed by atoms with Gasteiger partial charge in [0.2, 0.25) is 5.91 Å². The molecule has 0 radical (unpaired) electrons. The summed E-state index contributed by atoms with van der Waals surface area (Å²) < 4.78 is 5.57. The van der Waals surface area contributed by atoms with Gasteiger partial charge in [0.05, 0.1) is 11.7 Å². The van der Waals surface area contributed by atoms with Crippen LogP contribution in [0.3, 0.4) is 0 Å². The van der Waals surface area contributed by atoms with Crippen LogP contribution in [0.5, 0.6) is 0 Å². The third-order valence-electron chi connectivity index (χ3n) is 5.27. The predicted molar refractivity (Wildman–Crippen MR) is 130 cm³/mol. The van der Waals surface area contributed by atoms with E-state index in [9.17, 15) is 14.4 Å². The molecule has 0 unspecified atom stereocenters. The number of nitrogens with one attached hydrogen (secondary N) is 2. The number of carbonyl (C=O) groups excluding carboxylic acids is 3. The molecule has 0 spiro atoms. The molecule has 1 aliphatic heterocycles. The normalized spacial score (nSPS) is 13.8. The lowest BCUT2D eigenvalue weighted by Crippen LogP contribution is -2.34. The Hall–Kier alpha value is -3.45. The highest BCUT2D eigenvalue weighted by molar-refractivity contribution is 6.36. The number of ether oxygens (including phenoxy) is 1. The summed E-state index contributed by atoms with van der Waals surface area (Å²) in [6.07, 6.45) is 0.658. The molecule has 2 aromatic rings. The van der Waals surface area contributed by atoms with Gasteiger partial charge in [-0.05, 0) is 69.5 Å². The Kier molecular flexibility index (Phi) is 7.66. The molecule has 7 heteroatoms. The summed E-state index contributed by atoms with van der Waals surface area (Å²) in [5.41, 5.74) is 4.66. The number of anilines is 2. The van der Waals surface area contributed by atoms with Gasteiger partial charge < -0.3 is 15.4 Å². The first-order chi connectivity index (χ1) is 15.7. The summed E-state index contributed by atoms with van der Waals surface area (Å²) in [6.45, 7) is 10.0. The number of hydrogen-bond donors (Lipinski definition) is 2. The summed E-state index contributed by atoms with van der Waals surface area (Å²) >= 11 is 0. The van der Waals surface area contributed by atoms with Gasteiger partial charge in [-0.15, -0.1) is 0 Å². The van der Waals surface area contributed by atoms with E-state index in [4.69, 9.17) is 4.74 Å². The second-order valence-corrected chi connectivity index (χ2v) is 8.49. The molecule has 0 saturated carbocycles. The van der Waals surface area contributed by atoms with E-state index >= 15 is 0 Å². The van der Waals surface area contributed by atoms with Gasteiger partial charge in [-0.1, -0.05) is 23.8 Å². The van der Waals surface area contributed by atoms with Crippen molar-refractivity contribution in [3.63, 3.8) is 0 Å². The van der Waals surface area contributed by atoms with Crippen LogP contribution in [-0.4, -0.2) is 41.9 Å². The zero-order valence-corrected chi connectivity index (χ0v) is 19.8. The molecular weight excluding hydrogens is 418 g/mol. The van der Waals surface area contributed by atoms with Crippen molar-refractivity contribution >= 4 is 34.7 Å². The quantitative estimate of drug-likeness (QED) is 0.441. The van der Waals surface area contributed by atoms with Gasteiger partial charge in [-0.2, -0.15) is 0 Å². The molecule has 174 valence electrons. The largest absolute Gasteiger partial charge is 0.379 e. The lowest BCUT2D eigenvalue weighted by molar-refractivity contribution is -0.137. The molecule has 0 saturated heterocycles. The highest BCUT2D eigenvalue weighted by Gasteiger charge is 2.39. The monoisotopic (exact) mass is 449 g/mol. The second kappa shape index (κ2) is 10.4. The minimum Gasteiger partial charge on any atom is -0.379 e. The van der Waals surface area contributed by atoms with Crippen molar-refractivity contribution in [2.24, 2.45) is 0 Å². The van der Waals surface area contributed by atoms with E-state index in [1.807, 2.05) is 45.9 Å². The van der Waals surface area contributed by atoms with Crippen molar-refractivity contribution in [3.05, 3.63) is 64.9 Å². The molecule has 1 aliphatic rings. The smallest absolute Gasteiger partial charge is 0.278 e. The van der Waals surface area contributed by atoms with Crippen LogP contribution in [0.4, 0.5) is 11.4 Å². The topological polar surface area (TPSA) is 87.7 Å². The maximum absolute atomic E-state index is 13.4. The highest BCUT2D eigenvalue weighted by atomic mass is 16.5. The van der Waals surface area contributed by atoms with E-state index in [1.54, 1.807) is 24.3 Å². The average molecular weight is 450 g/mol. The average Bonchev–Trinajstić information content (AvgIpc) is 2.96. The fourth-order valence-electron chi connectivity index (χ4n) is 3.77. The summed E-state index contributed by atoms with van der Waals surface area (Å²) in [6, 6.07) is 12.8. The predicted octanol–water partition coefficient (Wildman–Crippen LogP) is 4.27. The van der Waals surface area contributed by atoms with Crippen LogP contribution in [0, 0.1) is 13.8 Å². The van der Waals surface area contributed by atoms with E-state index in [1.165, 1.54) is 11.8 Å². The first-order valence-electron chi connectivity index (χ1n) is 11.1. The molecule has 2 aromatic carbocycles. The molecule has 0 aromatic heterocycles. The number of hydrogen-bond acceptors (Lipinski definition) is 5. The van der Waals surface area contributed by atoms with Gasteiger partial charge in [0, 0.05) is 31.5 Å².